The number of allylic oxidation sites excluding steroid dienone is 2. The summed E-state index contributed by atoms with van der Waals surface area (Å²) in [6.45, 7) is -1.95. The summed E-state index contributed by atoms with van der Waals surface area (Å²) in [5.74, 6) is 0. The van der Waals surface area contributed by atoms with Crippen molar-refractivity contribution in [3.8, 4) is 0 Å². The predicted molar refractivity (Wildman–Crippen MR) is 96.0 cm³/mol. The Balaban J connectivity index is 2.09. The summed E-state index contributed by atoms with van der Waals surface area (Å²) in [5, 5.41) is 0. The molecule has 0 fully saturated rings. The van der Waals surface area contributed by atoms with Crippen molar-refractivity contribution in [2.75, 3.05) is 0 Å². The fourth-order valence-electron chi connectivity index (χ4n) is 3.15. The molecule has 1 aromatic heterocycles. The van der Waals surface area contributed by atoms with Crippen LogP contribution < -0.4 is 0 Å². The molecule has 0 saturated heterocycles. The number of benzene rings is 1. The third-order valence-corrected chi connectivity index (χ3v) is 5.50. The zero-order valence-electron chi connectivity index (χ0n) is 12.1. The van der Waals surface area contributed by atoms with Gasteiger partial charge in [0.05, 0.1) is 10.2 Å². The smallest absolute Gasteiger partial charge is 0.389 e. The molecule has 1 aromatic carbocycles. The average Bonchev–Trinajstić information content (AvgIpc) is 3.06. The molecule has 2 nitrogen and oxygen atoms in total. The van der Waals surface area contributed by atoms with Gasteiger partial charge in [0.1, 0.15) is 0 Å². The minimum atomic E-state index is -3.95. The molecule has 0 aliphatic carbocycles. The van der Waals surface area contributed by atoms with Gasteiger partial charge >= 0.3 is 6.97 Å². The Kier molecular flexibility index (Phi) is 3.29. The van der Waals surface area contributed by atoms with E-state index < -0.39 is 6.97 Å². The minimum Gasteiger partial charge on any atom is -0.389 e. The molecule has 3 heterocycles. The van der Waals surface area contributed by atoms with E-state index in [0.29, 0.717) is 20.6 Å². The van der Waals surface area contributed by atoms with E-state index >= 15 is 8.63 Å². The third-order valence-electron chi connectivity index (χ3n) is 4.21. The maximum absolute atomic E-state index is 15.0. The van der Waals surface area contributed by atoms with E-state index in [1.807, 2.05) is 31.2 Å². The van der Waals surface area contributed by atoms with E-state index in [0.717, 1.165) is 25.7 Å². The Morgan fingerprint density at radius 1 is 1.00 bits per heavy atom. The van der Waals surface area contributed by atoms with E-state index in [-0.39, 0.29) is 0 Å². The number of rotatable bonds is 1. The van der Waals surface area contributed by atoms with Crippen molar-refractivity contribution in [3.05, 3.63) is 75.7 Å². The summed E-state index contributed by atoms with van der Waals surface area (Å²) < 4.78 is 33.0. The topological polar surface area (TPSA) is 7.94 Å². The van der Waals surface area contributed by atoms with Crippen LogP contribution in [0.25, 0.3) is 5.57 Å². The molecule has 4 rings (SSSR count). The molecule has 2 aliphatic heterocycles. The highest BCUT2D eigenvalue weighted by Gasteiger charge is 2.54. The molecule has 0 radical (unpaired) electrons. The van der Waals surface area contributed by atoms with Crippen molar-refractivity contribution in [2.45, 2.75) is 6.92 Å². The van der Waals surface area contributed by atoms with Crippen molar-refractivity contribution in [1.82, 2.24) is 4.48 Å². The second kappa shape index (κ2) is 5.01. The van der Waals surface area contributed by atoms with Crippen molar-refractivity contribution in [1.29, 1.82) is 0 Å². The first-order chi connectivity index (χ1) is 10.9. The van der Waals surface area contributed by atoms with Crippen LogP contribution in [0.3, 0.4) is 0 Å². The van der Waals surface area contributed by atoms with E-state index in [1.165, 1.54) is 0 Å². The van der Waals surface area contributed by atoms with Crippen LogP contribution in [0.5, 0.6) is 0 Å². The van der Waals surface area contributed by atoms with Crippen molar-refractivity contribution in [3.63, 3.8) is 0 Å². The lowest BCUT2D eigenvalue weighted by Gasteiger charge is -2.32. The van der Waals surface area contributed by atoms with Crippen molar-refractivity contribution < 1.29 is 13.1 Å². The van der Waals surface area contributed by atoms with Gasteiger partial charge in [-0.15, -0.1) is 0 Å². The molecule has 0 spiro atoms. The van der Waals surface area contributed by atoms with Crippen LogP contribution in [0.2, 0.25) is 0 Å². The van der Waals surface area contributed by atoms with Gasteiger partial charge in [0.2, 0.25) is 4.62 Å². The van der Waals surface area contributed by atoms with Crippen LogP contribution >= 0.6 is 31.9 Å². The molecular weight excluding hydrogens is 429 g/mol. The molecule has 0 N–H and O–H groups in total. The van der Waals surface area contributed by atoms with Crippen LogP contribution in [0.1, 0.15) is 16.8 Å². The van der Waals surface area contributed by atoms with Gasteiger partial charge < -0.3 is 17.6 Å². The molecule has 116 valence electrons. The fourth-order valence-corrected chi connectivity index (χ4v) is 4.29. The number of nitrogens with zero attached hydrogens (tertiary/aromatic N) is 2. The molecule has 0 bridgehead atoms. The summed E-state index contributed by atoms with van der Waals surface area (Å²) in [4.78, 5) is 0. The zero-order chi connectivity index (χ0) is 16.4. The van der Waals surface area contributed by atoms with Gasteiger partial charge in [-0.05, 0) is 40.5 Å². The average molecular weight is 440 g/mol. The Labute approximate surface area is 149 Å². The van der Waals surface area contributed by atoms with E-state index in [9.17, 15) is 0 Å². The molecule has 23 heavy (non-hydrogen) atoms. The highest BCUT2D eigenvalue weighted by molar-refractivity contribution is 9.18. The van der Waals surface area contributed by atoms with Crippen molar-refractivity contribution in [2.24, 2.45) is 0 Å². The lowest BCUT2D eigenvalue weighted by molar-refractivity contribution is -0.358. The van der Waals surface area contributed by atoms with E-state index in [2.05, 4.69) is 31.9 Å². The SMILES string of the molecule is Cc1ccc(C2=C3C=CC(Br)=[N+]3[B-](F)(F)n3c(Br)ccc32)cc1. The lowest BCUT2D eigenvalue weighted by Crippen LogP contribution is -2.50. The van der Waals surface area contributed by atoms with E-state index in [4.69, 9.17) is 0 Å². The number of fused-ring (bicyclic) bond motifs is 2. The van der Waals surface area contributed by atoms with Gasteiger partial charge in [-0.25, -0.2) is 0 Å². The molecule has 0 atom stereocenters. The van der Waals surface area contributed by atoms with Gasteiger partial charge in [0.15, 0.2) is 5.70 Å². The Morgan fingerprint density at radius 3 is 2.39 bits per heavy atom. The van der Waals surface area contributed by atoms with Gasteiger partial charge in [-0.2, -0.15) is 0 Å². The molecule has 0 saturated carbocycles. The highest BCUT2D eigenvalue weighted by atomic mass is 79.9. The summed E-state index contributed by atoms with van der Waals surface area (Å²) in [5.41, 5.74) is 3.88. The maximum Gasteiger partial charge on any atom is 0.738 e. The summed E-state index contributed by atoms with van der Waals surface area (Å²) >= 11 is 6.52. The minimum absolute atomic E-state index is 0.369. The van der Waals surface area contributed by atoms with Gasteiger partial charge in [0.25, 0.3) is 0 Å². The molecule has 7 heteroatoms. The first-order valence-corrected chi connectivity index (χ1v) is 8.70. The molecule has 2 aromatic rings. The summed E-state index contributed by atoms with van der Waals surface area (Å²) in [7, 11) is 0. The summed E-state index contributed by atoms with van der Waals surface area (Å²) in [6.07, 6.45) is 3.40. The Hall–Kier alpha value is -1.47. The van der Waals surface area contributed by atoms with E-state index in [1.54, 1.807) is 24.3 Å². The molecule has 0 amide bonds. The number of aryl methyl sites for hydroxylation is 1. The lowest BCUT2D eigenvalue weighted by atomic mass is 9.86. The fraction of sp³-hybridized carbons (Fsp3) is 0.0625. The second-order valence-corrected chi connectivity index (χ2v) is 7.28. The number of hydrogen-bond donors (Lipinski definition) is 0. The first-order valence-electron chi connectivity index (χ1n) is 7.12. The predicted octanol–water partition coefficient (Wildman–Crippen LogP) is 4.93. The third kappa shape index (κ3) is 2.06. The Bertz CT molecular complexity index is 924. The molecule has 2 aliphatic rings. The number of hydrogen-bond acceptors (Lipinski definition) is 0. The van der Waals surface area contributed by atoms with Gasteiger partial charge in [-0.1, -0.05) is 29.8 Å². The summed E-state index contributed by atoms with van der Waals surface area (Å²) in [6, 6.07) is 11.3. The number of aromatic nitrogens is 1. The maximum atomic E-state index is 15.0. The standard InChI is InChI=1S/C16H11BBr2F2N2/c1-10-2-4-11(5-3-10)16-12-6-8-14(18)22(12)17(20,21)23-13(16)7-9-15(23)19/h2-9H,1H3. The quantitative estimate of drug-likeness (QED) is 0.557. The zero-order valence-corrected chi connectivity index (χ0v) is 15.3. The van der Waals surface area contributed by atoms with Crippen LogP contribution in [0.4, 0.5) is 8.63 Å². The monoisotopic (exact) mass is 438 g/mol. The van der Waals surface area contributed by atoms with Gasteiger partial charge in [0, 0.05) is 33.8 Å². The van der Waals surface area contributed by atoms with Crippen LogP contribution in [-0.4, -0.2) is 20.6 Å². The largest absolute Gasteiger partial charge is 0.738 e. The normalized spacial score (nSPS) is 18.5. The molecule has 0 unspecified atom stereocenters. The first kappa shape index (κ1) is 15.1. The van der Waals surface area contributed by atoms with Crippen LogP contribution in [-0.2, 0) is 0 Å². The number of halogens is 4. The van der Waals surface area contributed by atoms with Gasteiger partial charge in [-0.3, -0.25) is 0 Å². The second-order valence-electron chi connectivity index (χ2n) is 5.65. The van der Waals surface area contributed by atoms with Crippen molar-refractivity contribution >= 4 is 49.0 Å². The van der Waals surface area contributed by atoms with Crippen LogP contribution in [0.15, 0.2) is 58.9 Å². The van der Waals surface area contributed by atoms with Crippen LogP contribution in [0, 0.1) is 6.92 Å². The Morgan fingerprint density at radius 2 is 1.70 bits per heavy atom. The highest BCUT2D eigenvalue weighted by Crippen LogP contribution is 2.41. The molecular formula is C16H11BBr2F2N2.